The van der Waals surface area contributed by atoms with Crippen molar-refractivity contribution >= 4 is 32.5 Å². The van der Waals surface area contributed by atoms with Gasteiger partial charge in [0.1, 0.15) is 5.15 Å². The zero-order valence-electron chi connectivity index (χ0n) is 11.8. The molecule has 21 heavy (non-hydrogen) atoms. The summed E-state index contributed by atoms with van der Waals surface area (Å²) in [5, 5.41) is 1.23. The molecule has 1 aliphatic carbocycles. The van der Waals surface area contributed by atoms with Crippen molar-refractivity contribution in [1.82, 2.24) is 9.71 Å². The van der Waals surface area contributed by atoms with Gasteiger partial charge in [0.05, 0.1) is 10.4 Å². The van der Waals surface area contributed by atoms with Crippen molar-refractivity contribution in [3.63, 3.8) is 0 Å². The molecular formula is C15H17ClN2O2S. The van der Waals surface area contributed by atoms with Crippen LogP contribution < -0.4 is 4.72 Å². The van der Waals surface area contributed by atoms with Crippen molar-refractivity contribution in [2.75, 3.05) is 0 Å². The topological polar surface area (TPSA) is 59.1 Å². The summed E-state index contributed by atoms with van der Waals surface area (Å²) in [7, 11) is -3.47. The van der Waals surface area contributed by atoms with Crippen LogP contribution in [0.25, 0.3) is 10.9 Å². The van der Waals surface area contributed by atoms with Gasteiger partial charge in [-0.05, 0) is 49.6 Å². The van der Waals surface area contributed by atoms with E-state index >= 15 is 0 Å². The van der Waals surface area contributed by atoms with Crippen LogP contribution >= 0.6 is 11.6 Å². The lowest BCUT2D eigenvalue weighted by Gasteiger charge is -2.13. The number of hydrogen-bond acceptors (Lipinski definition) is 3. The second-order valence-electron chi connectivity index (χ2n) is 5.55. The van der Waals surface area contributed by atoms with E-state index in [1.165, 1.54) is 0 Å². The fourth-order valence-electron chi connectivity index (χ4n) is 2.74. The fraction of sp³-hybridized carbons (Fsp3) is 0.400. The number of halogens is 1. The maximum Gasteiger partial charge on any atom is 0.240 e. The van der Waals surface area contributed by atoms with Crippen molar-refractivity contribution in [3.8, 4) is 0 Å². The van der Waals surface area contributed by atoms with E-state index in [-0.39, 0.29) is 10.9 Å². The minimum absolute atomic E-state index is 0.0655. The number of aryl methyl sites for hydroxylation is 1. The largest absolute Gasteiger partial charge is 0.240 e. The molecule has 1 fully saturated rings. The first-order chi connectivity index (χ1) is 9.95. The molecule has 1 N–H and O–H groups in total. The van der Waals surface area contributed by atoms with Crippen LogP contribution in [-0.4, -0.2) is 19.4 Å². The van der Waals surface area contributed by atoms with Crippen molar-refractivity contribution in [3.05, 3.63) is 35.0 Å². The van der Waals surface area contributed by atoms with E-state index in [1.54, 1.807) is 18.2 Å². The highest BCUT2D eigenvalue weighted by molar-refractivity contribution is 7.89. The van der Waals surface area contributed by atoms with Gasteiger partial charge in [-0.1, -0.05) is 24.4 Å². The van der Waals surface area contributed by atoms with Crippen molar-refractivity contribution in [1.29, 1.82) is 0 Å². The highest BCUT2D eigenvalue weighted by Gasteiger charge is 2.23. The van der Waals surface area contributed by atoms with Crippen LogP contribution in [0, 0.1) is 6.92 Å². The third-order valence-electron chi connectivity index (χ3n) is 3.90. The molecule has 0 unspecified atom stereocenters. The molecule has 1 heterocycles. The number of aromatic nitrogens is 1. The summed E-state index contributed by atoms with van der Waals surface area (Å²) in [6.07, 6.45) is 4.02. The Morgan fingerprint density at radius 3 is 2.67 bits per heavy atom. The first kappa shape index (κ1) is 14.8. The summed E-state index contributed by atoms with van der Waals surface area (Å²) in [5.41, 5.74) is 1.54. The highest BCUT2D eigenvalue weighted by Crippen LogP contribution is 2.24. The molecule has 0 aliphatic heterocycles. The third-order valence-corrected chi connectivity index (χ3v) is 5.80. The molecule has 0 atom stereocenters. The molecule has 0 saturated heterocycles. The van der Waals surface area contributed by atoms with Gasteiger partial charge < -0.3 is 0 Å². The van der Waals surface area contributed by atoms with E-state index in [9.17, 15) is 8.42 Å². The Bertz CT molecular complexity index is 784. The van der Waals surface area contributed by atoms with Crippen molar-refractivity contribution in [2.24, 2.45) is 0 Å². The van der Waals surface area contributed by atoms with Crippen LogP contribution in [0.5, 0.6) is 0 Å². The molecule has 1 saturated carbocycles. The lowest BCUT2D eigenvalue weighted by molar-refractivity contribution is 0.552. The summed E-state index contributed by atoms with van der Waals surface area (Å²) in [4.78, 5) is 4.53. The van der Waals surface area contributed by atoms with Crippen LogP contribution in [0.1, 0.15) is 31.2 Å². The molecule has 112 valence electrons. The normalized spacial score (nSPS) is 16.7. The van der Waals surface area contributed by atoms with E-state index < -0.39 is 10.0 Å². The van der Waals surface area contributed by atoms with Crippen LogP contribution in [0.15, 0.2) is 29.2 Å². The molecule has 4 nitrogen and oxygen atoms in total. The van der Waals surface area contributed by atoms with Gasteiger partial charge >= 0.3 is 0 Å². The zero-order chi connectivity index (χ0) is 15.0. The smallest absolute Gasteiger partial charge is 0.236 e. The molecule has 6 heteroatoms. The van der Waals surface area contributed by atoms with E-state index in [4.69, 9.17) is 11.6 Å². The predicted octanol–water partition coefficient (Wildman–Crippen LogP) is 3.42. The van der Waals surface area contributed by atoms with E-state index in [2.05, 4.69) is 9.71 Å². The van der Waals surface area contributed by atoms with Crippen LogP contribution in [-0.2, 0) is 10.0 Å². The van der Waals surface area contributed by atoms with Gasteiger partial charge in [-0.3, -0.25) is 0 Å². The molecule has 0 spiro atoms. The number of benzene rings is 1. The Balaban J connectivity index is 1.97. The number of sulfonamides is 1. The van der Waals surface area contributed by atoms with Gasteiger partial charge in [-0.25, -0.2) is 18.1 Å². The average Bonchev–Trinajstić information content (AvgIpc) is 2.91. The Morgan fingerprint density at radius 1 is 1.24 bits per heavy atom. The predicted molar refractivity (Wildman–Crippen MR) is 84.1 cm³/mol. The third kappa shape index (κ3) is 3.05. The minimum atomic E-state index is -3.47. The Labute approximate surface area is 129 Å². The second-order valence-corrected chi connectivity index (χ2v) is 7.63. The Hall–Kier alpha value is -1.17. The zero-order valence-corrected chi connectivity index (χ0v) is 13.3. The molecule has 2 aromatic rings. The molecule has 0 amide bonds. The molecule has 1 aromatic heterocycles. The average molecular weight is 325 g/mol. The number of nitrogens with zero attached hydrogens (tertiary/aromatic N) is 1. The number of rotatable bonds is 3. The maximum absolute atomic E-state index is 12.4. The second kappa shape index (κ2) is 5.55. The van der Waals surface area contributed by atoms with E-state index in [1.807, 2.05) is 13.0 Å². The van der Waals surface area contributed by atoms with Crippen molar-refractivity contribution in [2.45, 2.75) is 43.5 Å². The van der Waals surface area contributed by atoms with Crippen LogP contribution in [0.2, 0.25) is 5.15 Å². The first-order valence-electron chi connectivity index (χ1n) is 7.05. The Kier molecular flexibility index (Phi) is 3.90. The number of nitrogens with one attached hydrogen (secondary N) is 1. The SMILES string of the molecule is Cc1cc2cc(S(=O)(=O)NC3CCCC3)ccc2nc1Cl. The summed E-state index contributed by atoms with van der Waals surface area (Å²) in [6.45, 7) is 1.85. The van der Waals surface area contributed by atoms with Gasteiger partial charge in [-0.15, -0.1) is 0 Å². The molecule has 0 bridgehead atoms. The molecule has 3 rings (SSSR count). The number of pyridine rings is 1. The van der Waals surface area contributed by atoms with Crippen molar-refractivity contribution < 1.29 is 8.42 Å². The lowest BCUT2D eigenvalue weighted by Crippen LogP contribution is -2.32. The summed E-state index contributed by atoms with van der Waals surface area (Å²) in [6, 6.07) is 6.86. The number of fused-ring (bicyclic) bond motifs is 1. The summed E-state index contributed by atoms with van der Waals surface area (Å²) >= 11 is 5.99. The molecule has 1 aliphatic rings. The van der Waals surface area contributed by atoms with Gasteiger partial charge in [0.25, 0.3) is 0 Å². The van der Waals surface area contributed by atoms with Gasteiger partial charge in [0, 0.05) is 11.4 Å². The van der Waals surface area contributed by atoms with Gasteiger partial charge in [0.15, 0.2) is 0 Å². The minimum Gasteiger partial charge on any atom is -0.236 e. The van der Waals surface area contributed by atoms with Crippen LogP contribution in [0.4, 0.5) is 0 Å². The number of hydrogen-bond donors (Lipinski definition) is 1. The lowest BCUT2D eigenvalue weighted by atomic mass is 10.2. The van der Waals surface area contributed by atoms with Gasteiger partial charge in [0.2, 0.25) is 10.0 Å². The highest BCUT2D eigenvalue weighted by atomic mass is 35.5. The van der Waals surface area contributed by atoms with E-state index in [0.717, 1.165) is 36.6 Å². The van der Waals surface area contributed by atoms with Gasteiger partial charge in [-0.2, -0.15) is 0 Å². The monoisotopic (exact) mass is 324 g/mol. The van der Waals surface area contributed by atoms with E-state index in [0.29, 0.717) is 10.7 Å². The quantitative estimate of drug-likeness (QED) is 0.880. The molecular weight excluding hydrogens is 308 g/mol. The fourth-order valence-corrected chi connectivity index (χ4v) is 4.22. The van der Waals surface area contributed by atoms with Crippen LogP contribution in [0.3, 0.4) is 0 Å². The Morgan fingerprint density at radius 2 is 1.95 bits per heavy atom. The summed E-state index contributed by atoms with van der Waals surface area (Å²) < 4.78 is 27.6. The summed E-state index contributed by atoms with van der Waals surface area (Å²) in [5.74, 6) is 0. The standard InChI is InChI=1S/C15H17ClN2O2S/c1-10-8-11-9-13(6-7-14(11)17-15(10)16)21(19,20)18-12-4-2-3-5-12/h6-9,12,18H,2-5H2,1H3. The maximum atomic E-state index is 12.4. The molecule has 0 radical (unpaired) electrons. The first-order valence-corrected chi connectivity index (χ1v) is 8.91. The molecule has 1 aromatic carbocycles.